The first-order valence-corrected chi connectivity index (χ1v) is 11.4. The summed E-state index contributed by atoms with van der Waals surface area (Å²) in [6, 6.07) is 14.5. The van der Waals surface area contributed by atoms with E-state index in [9.17, 15) is 8.42 Å². The molecule has 0 aliphatic heterocycles. The highest BCUT2D eigenvalue weighted by Gasteiger charge is 2.51. The van der Waals surface area contributed by atoms with Crippen LogP contribution in [0.4, 0.5) is 0 Å². The van der Waals surface area contributed by atoms with Gasteiger partial charge in [-0.05, 0) is 44.5 Å². The summed E-state index contributed by atoms with van der Waals surface area (Å²) in [4.78, 5) is 1.10. The number of hydrogen-bond donors (Lipinski definition) is 0. The Balaban J connectivity index is 1.99. The summed E-state index contributed by atoms with van der Waals surface area (Å²) in [5.74, 6) is 0.610. The van der Waals surface area contributed by atoms with E-state index in [1.807, 2.05) is 38.1 Å². The quantitative estimate of drug-likeness (QED) is 0.641. The predicted octanol–water partition coefficient (Wildman–Crippen LogP) is 5.05. The maximum absolute atomic E-state index is 12.7. The molecule has 0 saturated heterocycles. The molecule has 3 nitrogen and oxygen atoms in total. The molecule has 1 aliphatic rings. The fourth-order valence-electron chi connectivity index (χ4n) is 2.38. The summed E-state index contributed by atoms with van der Waals surface area (Å²) in [7, 11) is -4.56. The Morgan fingerprint density at radius 2 is 1.52 bits per heavy atom. The normalized spacial score (nSPS) is 20.4. The minimum Gasteiger partial charge on any atom is -0.199 e. The van der Waals surface area contributed by atoms with Gasteiger partial charge >= 0.3 is 0 Å². The molecule has 25 heavy (non-hydrogen) atoms. The van der Waals surface area contributed by atoms with Crippen molar-refractivity contribution in [3.63, 3.8) is 0 Å². The van der Waals surface area contributed by atoms with Crippen molar-refractivity contribution in [3.8, 4) is 0 Å². The molecule has 1 fully saturated rings. The topological polar surface area (TPSA) is 46.5 Å². The van der Waals surface area contributed by atoms with Gasteiger partial charge in [-0.25, -0.2) is 0 Å². The van der Waals surface area contributed by atoms with Gasteiger partial charge in [-0.2, -0.15) is 8.42 Å². The van der Waals surface area contributed by atoms with E-state index < -0.39 is 25.0 Å². The zero-order chi connectivity index (χ0) is 18.2. The first-order chi connectivity index (χ1) is 11.7. The van der Waals surface area contributed by atoms with Gasteiger partial charge in [-0.3, -0.25) is 0 Å². The van der Waals surface area contributed by atoms with Crippen LogP contribution in [0.25, 0.3) is 0 Å². The molecule has 0 spiro atoms. The molecular weight excluding hydrogens is 397 g/mol. The van der Waals surface area contributed by atoms with Gasteiger partial charge in [0.05, 0.1) is 4.90 Å². The highest BCUT2D eigenvalue weighted by atomic mass is 35.5. The van der Waals surface area contributed by atoms with Crippen molar-refractivity contribution >= 4 is 43.9 Å². The molecular formula is C18H19Cl2NO2S2. The first-order valence-electron chi connectivity index (χ1n) is 7.87. The Labute approximate surface area is 161 Å². The van der Waals surface area contributed by atoms with Gasteiger partial charge in [-0.1, -0.05) is 46.1 Å². The molecule has 0 aromatic heterocycles. The molecule has 0 radical (unpaired) electrons. The molecule has 2 atom stereocenters. The molecule has 0 unspecified atom stereocenters. The van der Waals surface area contributed by atoms with Crippen molar-refractivity contribution in [3.05, 3.63) is 59.7 Å². The Morgan fingerprint density at radius 1 is 1.04 bits per heavy atom. The predicted molar refractivity (Wildman–Crippen MR) is 105 cm³/mol. The number of sulfonamides is 1. The molecule has 1 saturated carbocycles. The van der Waals surface area contributed by atoms with Crippen LogP contribution in [0.2, 0.25) is 0 Å². The highest BCUT2D eigenvalue weighted by molar-refractivity contribution is 8.00. The van der Waals surface area contributed by atoms with Crippen LogP contribution < -0.4 is 0 Å². The SMILES string of the molecule is Cc1ccc([S@](C[C@@H]2CC2(Cl)Cl)=NS(=O)(=O)c2ccc(C)cc2)cc1. The van der Waals surface area contributed by atoms with E-state index in [1.54, 1.807) is 24.3 Å². The monoisotopic (exact) mass is 415 g/mol. The van der Waals surface area contributed by atoms with E-state index in [1.165, 1.54) is 0 Å². The maximum atomic E-state index is 12.7. The van der Waals surface area contributed by atoms with Gasteiger partial charge in [0.1, 0.15) is 4.33 Å². The lowest BCUT2D eigenvalue weighted by molar-refractivity contribution is 0.598. The number of hydrogen-bond acceptors (Lipinski definition) is 2. The summed E-state index contributed by atoms with van der Waals surface area (Å²) in [5.41, 5.74) is 2.12. The number of aryl methyl sites for hydroxylation is 2. The number of benzene rings is 2. The van der Waals surface area contributed by atoms with Gasteiger partial charge in [0.15, 0.2) is 0 Å². The van der Waals surface area contributed by atoms with Crippen molar-refractivity contribution in [2.75, 3.05) is 5.75 Å². The second-order valence-electron chi connectivity index (χ2n) is 6.37. The molecule has 2 aromatic rings. The molecule has 134 valence electrons. The molecule has 7 heteroatoms. The van der Waals surface area contributed by atoms with Crippen LogP contribution in [-0.2, 0) is 20.7 Å². The minimum atomic E-state index is -3.74. The highest BCUT2D eigenvalue weighted by Crippen LogP contribution is 2.53. The van der Waals surface area contributed by atoms with Crippen molar-refractivity contribution in [2.24, 2.45) is 9.69 Å². The van der Waals surface area contributed by atoms with Gasteiger partial charge in [0.25, 0.3) is 10.0 Å². The average molecular weight is 416 g/mol. The van der Waals surface area contributed by atoms with Crippen LogP contribution in [0.1, 0.15) is 17.5 Å². The van der Waals surface area contributed by atoms with Gasteiger partial charge in [-0.15, -0.1) is 27.0 Å². The fraction of sp³-hybridized carbons (Fsp3) is 0.333. The Kier molecular flexibility index (Phi) is 5.31. The van der Waals surface area contributed by atoms with Gasteiger partial charge < -0.3 is 0 Å². The van der Waals surface area contributed by atoms with E-state index in [4.69, 9.17) is 23.2 Å². The number of halogens is 2. The van der Waals surface area contributed by atoms with Crippen LogP contribution in [0.15, 0.2) is 62.1 Å². The van der Waals surface area contributed by atoms with Gasteiger partial charge in [0, 0.05) is 16.6 Å². The zero-order valence-corrected chi connectivity index (χ0v) is 17.1. The molecule has 0 N–H and O–H groups in total. The Bertz CT molecular complexity index is 905. The van der Waals surface area contributed by atoms with Gasteiger partial charge in [0.2, 0.25) is 0 Å². The van der Waals surface area contributed by atoms with E-state index >= 15 is 0 Å². The average Bonchev–Trinajstić information content (AvgIpc) is 3.14. The lowest BCUT2D eigenvalue weighted by Crippen LogP contribution is -2.08. The minimum absolute atomic E-state index is 0.0671. The number of alkyl halides is 2. The second kappa shape index (κ2) is 7.03. The first kappa shape index (κ1) is 18.9. The molecule has 3 rings (SSSR count). The summed E-state index contributed by atoms with van der Waals surface area (Å²) in [6.07, 6.45) is 0.672. The fourth-order valence-corrected chi connectivity index (χ4v) is 6.87. The van der Waals surface area contributed by atoms with Crippen molar-refractivity contribution in [1.82, 2.24) is 0 Å². The van der Waals surface area contributed by atoms with Crippen LogP contribution in [0.3, 0.4) is 0 Å². The lowest BCUT2D eigenvalue weighted by Gasteiger charge is -2.10. The second-order valence-corrected chi connectivity index (χ2v) is 11.5. The third kappa shape index (κ3) is 4.64. The lowest BCUT2D eigenvalue weighted by atomic mass is 10.2. The van der Waals surface area contributed by atoms with E-state index in [-0.39, 0.29) is 10.8 Å². The Morgan fingerprint density at radius 3 is 2.00 bits per heavy atom. The molecule has 1 aliphatic carbocycles. The maximum Gasteiger partial charge on any atom is 0.288 e. The van der Waals surface area contributed by atoms with Crippen LogP contribution >= 0.6 is 23.2 Å². The van der Waals surface area contributed by atoms with E-state index in [0.29, 0.717) is 12.2 Å². The molecule has 0 bridgehead atoms. The van der Waals surface area contributed by atoms with Crippen molar-refractivity contribution in [2.45, 2.75) is 34.4 Å². The Hall–Kier alpha value is -0.880. The van der Waals surface area contributed by atoms with Crippen molar-refractivity contribution < 1.29 is 8.42 Å². The summed E-state index contributed by atoms with van der Waals surface area (Å²) < 4.78 is 28.9. The van der Waals surface area contributed by atoms with E-state index in [2.05, 4.69) is 3.77 Å². The summed E-state index contributed by atoms with van der Waals surface area (Å²) in [6.45, 7) is 3.91. The van der Waals surface area contributed by atoms with Crippen LogP contribution in [0, 0.1) is 19.8 Å². The summed E-state index contributed by atoms with van der Waals surface area (Å²) in [5, 5.41) is 0. The third-order valence-corrected chi connectivity index (χ3v) is 8.95. The molecule has 2 aromatic carbocycles. The van der Waals surface area contributed by atoms with Crippen LogP contribution in [-0.4, -0.2) is 18.5 Å². The summed E-state index contributed by atoms with van der Waals surface area (Å²) >= 11 is 12.3. The molecule has 0 heterocycles. The number of nitrogens with zero attached hydrogens (tertiary/aromatic N) is 1. The zero-order valence-electron chi connectivity index (χ0n) is 13.9. The van der Waals surface area contributed by atoms with Crippen molar-refractivity contribution in [1.29, 1.82) is 0 Å². The number of rotatable bonds is 5. The standard InChI is InChI=1S/C18H19Cl2NO2S2/c1-13-3-7-16(8-4-13)24(12-15-11-18(15,19)20)21-25(22,23)17-9-5-14(2)6-10-17/h3-10,15H,11-12H2,1-2H3/t15-,24-/m0/s1. The van der Waals surface area contributed by atoms with Crippen LogP contribution in [0.5, 0.6) is 0 Å². The largest absolute Gasteiger partial charge is 0.288 e. The molecule has 0 amide bonds. The third-order valence-electron chi connectivity index (χ3n) is 4.11. The smallest absolute Gasteiger partial charge is 0.199 e. The van der Waals surface area contributed by atoms with E-state index in [0.717, 1.165) is 16.0 Å².